The predicted molar refractivity (Wildman–Crippen MR) is 61.6 cm³/mol. The molecule has 1 aliphatic rings. The zero-order chi connectivity index (χ0) is 15.1. The van der Waals surface area contributed by atoms with Crippen LogP contribution in [0.15, 0.2) is 18.2 Å². The number of anilines is 1. The van der Waals surface area contributed by atoms with Gasteiger partial charge >= 0.3 is 6.03 Å². The van der Waals surface area contributed by atoms with Gasteiger partial charge in [0.15, 0.2) is 5.66 Å². The van der Waals surface area contributed by atoms with Gasteiger partial charge in [0, 0.05) is 12.1 Å². The van der Waals surface area contributed by atoms with E-state index >= 15 is 0 Å². The number of hydrogen-bond acceptors (Lipinski definition) is 4. The maximum atomic E-state index is 13.6. The monoisotopic (exact) mass is 290 g/mol. The summed E-state index contributed by atoms with van der Waals surface area (Å²) in [6.07, 6.45) is -2.96. The van der Waals surface area contributed by atoms with Crippen molar-refractivity contribution in [2.24, 2.45) is 0 Å². The molecule has 1 fully saturated rings. The molecule has 2 amide bonds. The third kappa shape index (κ3) is 2.25. The number of rotatable bonds is 3. The number of halogens is 3. The summed E-state index contributed by atoms with van der Waals surface area (Å²) in [6, 6.07) is 1.42. The van der Waals surface area contributed by atoms with E-state index in [0.29, 0.717) is 5.01 Å². The number of hydrogen-bond donors (Lipinski definition) is 2. The lowest BCUT2D eigenvalue weighted by molar-refractivity contribution is -0.384. The number of hydrazine groups is 1. The molecule has 0 aromatic heterocycles. The molecule has 20 heavy (non-hydrogen) atoms. The van der Waals surface area contributed by atoms with E-state index in [9.17, 15) is 28.1 Å². The highest BCUT2D eigenvalue weighted by Crippen LogP contribution is 2.28. The van der Waals surface area contributed by atoms with Crippen LogP contribution < -0.4 is 15.8 Å². The average Bonchev–Trinajstić information content (AvgIpc) is 2.66. The third-order valence-electron chi connectivity index (χ3n) is 2.73. The van der Waals surface area contributed by atoms with Gasteiger partial charge in [-0.15, -0.1) is 0 Å². The number of nitro benzene ring substituents is 1. The number of urea groups is 1. The Morgan fingerprint density at radius 3 is 2.60 bits per heavy atom. The Morgan fingerprint density at radius 2 is 2.10 bits per heavy atom. The zero-order valence-corrected chi connectivity index (χ0v) is 10.1. The zero-order valence-electron chi connectivity index (χ0n) is 10.1. The minimum absolute atomic E-state index is 0.471. The van der Waals surface area contributed by atoms with Crippen molar-refractivity contribution in [1.82, 2.24) is 10.7 Å². The molecule has 2 N–H and O–H groups in total. The Morgan fingerprint density at radius 1 is 1.45 bits per heavy atom. The van der Waals surface area contributed by atoms with E-state index in [1.165, 1.54) is 0 Å². The highest BCUT2D eigenvalue weighted by Gasteiger charge is 2.46. The van der Waals surface area contributed by atoms with E-state index in [0.717, 1.165) is 25.1 Å². The first-order valence-electron chi connectivity index (χ1n) is 5.37. The summed E-state index contributed by atoms with van der Waals surface area (Å²) in [5, 5.41) is 13.0. The number of amides is 2. The third-order valence-corrected chi connectivity index (χ3v) is 2.73. The lowest BCUT2D eigenvalue weighted by Gasteiger charge is -2.23. The fraction of sp³-hybridized carbons (Fsp3) is 0.300. The van der Waals surface area contributed by atoms with Crippen LogP contribution in [0.3, 0.4) is 0 Å². The summed E-state index contributed by atoms with van der Waals surface area (Å²) < 4.78 is 39.2. The molecule has 1 saturated heterocycles. The van der Waals surface area contributed by atoms with Gasteiger partial charge in [0.25, 0.3) is 12.1 Å². The highest BCUT2D eigenvalue weighted by molar-refractivity contribution is 5.94. The second-order valence-electron chi connectivity index (χ2n) is 4.27. The first kappa shape index (κ1) is 14.1. The van der Waals surface area contributed by atoms with Gasteiger partial charge < -0.3 is 5.32 Å². The number of nitrogens with one attached hydrogen (secondary N) is 2. The number of alkyl halides is 2. The van der Waals surface area contributed by atoms with Gasteiger partial charge in [-0.2, -0.15) is 5.43 Å². The van der Waals surface area contributed by atoms with Gasteiger partial charge in [-0.05, 0) is 13.0 Å². The summed E-state index contributed by atoms with van der Waals surface area (Å²) in [7, 11) is 0. The van der Waals surface area contributed by atoms with Crippen LogP contribution in [-0.2, 0) is 0 Å². The number of non-ortho nitro benzene ring substituents is 1. The van der Waals surface area contributed by atoms with E-state index in [1.807, 2.05) is 5.32 Å². The number of carbonyl (C=O) groups is 1. The van der Waals surface area contributed by atoms with Crippen LogP contribution in [0, 0.1) is 15.9 Å². The second kappa shape index (κ2) is 4.63. The van der Waals surface area contributed by atoms with Crippen molar-refractivity contribution in [3.8, 4) is 0 Å². The van der Waals surface area contributed by atoms with E-state index in [2.05, 4.69) is 5.43 Å². The number of nitrogens with zero attached hydrogens (tertiary/aromatic N) is 2. The van der Waals surface area contributed by atoms with E-state index in [-0.39, 0.29) is 0 Å². The average molecular weight is 290 g/mol. The first-order chi connectivity index (χ1) is 9.24. The maximum absolute atomic E-state index is 13.6. The Labute approximate surface area is 110 Å². The highest BCUT2D eigenvalue weighted by atomic mass is 19.3. The fourth-order valence-electron chi connectivity index (χ4n) is 1.65. The van der Waals surface area contributed by atoms with Crippen molar-refractivity contribution in [3.63, 3.8) is 0 Å². The minimum Gasteiger partial charge on any atom is -0.312 e. The fourth-order valence-corrected chi connectivity index (χ4v) is 1.65. The van der Waals surface area contributed by atoms with Crippen LogP contribution in [0.25, 0.3) is 0 Å². The summed E-state index contributed by atoms with van der Waals surface area (Å²) in [6.45, 7) is 1.00. The largest absolute Gasteiger partial charge is 0.338 e. The second-order valence-corrected chi connectivity index (χ2v) is 4.27. The Kier molecular flexibility index (Phi) is 3.26. The van der Waals surface area contributed by atoms with Gasteiger partial charge in [0.2, 0.25) is 0 Å². The molecule has 2 rings (SSSR count). The molecule has 10 heteroatoms. The molecule has 1 aromatic rings. The van der Waals surface area contributed by atoms with Crippen LogP contribution >= 0.6 is 0 Å². The summed E-state index contributed by atoms with van der Waals surface area (Å²) in [4.78, 5) is 21.4. The van der Waals surface area contributed by atoms with Crippen molar-refractivity contribution in [2.75, 3.05) is 5.01 Å². The maximum Gasteiger partial charge on any atom is 0.338 e. The van der Waals surface area contributed by atoms with E-state index < -0.39 is 40.2 Å². The molecule has 0 radical (unpaired) electrons. The molecule has 7 nitrogen and oxygen atoms in total. The molecule has 0 saturated carbocycles. The molecular formula is C10H9F3N4O3. The molecule has 1 atom stereocenters. The van der Waals surface area contributed by atoms with Crippen molar-refractivity contribution < 1.29 is 22.9 Å². The molecule has 1 aromatic carbocycles. The summed E-state index contributed by atoms with van der Waals surface area (Å²) >= 11 is 0. The Bertz CT molecular complexity index is 583. The molecule has 1 unspecified atom stereocenters. The van der Waals surface area contributed by atoms with Crippen LogP contribution in [0.4, 0.5) is 29.3 Å². The molecule has 1 heterocycles. The topological polar surface area (TPSA) is 87.5 Å². The molecule has 108 valence electrons. The summed E-state index contributed by atoms with van der Waals surface area (Å²) in [5.41, 5.74) is -0.959. The number of nitro groups is 1. The molecule has 0 spiro atoms. The number of benzene rings is 1. The minimum atomic E-state index is -2.96. The first-order valence-corrected chi connectivity index (χ1v) is 5.37. The van der Waals surface area contributed by atoms with Gasteiger partial charge in [0.1, 0.15) is 11.5 Å². The van der Waals surface area contributed by atoms with Crippen LogP contribution in [0.1, 0.15) is 6.92 Å². The Hall–Kier alpha value is -2.36. The van der Waals surface area contributed by atoms with Crippen LogP contribution in [0.5, 0.6) is 0 Å². The van der Waals surface area contributed by atoms with Crippen molar-refractivity contribution in [1.29, 1.82) is 0 Å². The van der Waals surface area contributed by atoms with Crippen LogP contribution in [0.2, 0.25) is 0 Å². The molecule has 0 aliphatic carbocycles. The van der Waals surface area contributed by atoms with Gasteiger partial charge in [0.05, 0.1) is 4.92 Å². The Balaban J connectivity index is 2.40. The van der Waals surface area contributed by atoms with Crippen molar-refractivity contribution in [2.45, 2.75) is 19.0 Å². The van der Waals surface area contributed by atoms with Crippen molar-refractivity contribution >= 4 is 17.4 Å². The molecule has 0 bridgehead atoms. The smallest absolute Gasteiger partial charge is 0.312 e. The van der Waals surface area contributed by atoms with Gasteiger partial charge in [-0.1, -0.05) is 0 Å². The normalized spacial score (nSPS) is 22.2. The molecule has 1 aliphatic heterocycles. The van der Waals surface area contributed by atoms with Crippen LogP contribution in [-0.4, -0.2) is 23.0 Å². The van der Waals surface area contributed by atoms with E-state index in [1.54, 1.807) is 0 Å². The van der Waals surface area contributed by atoms with E-state index in [4.69, 9.17) is 0 Å². The van der Waals surface area contributed by atoms with Gasteiger partial charge in [-0.3, -0.25) is 10.1 Å². The van der Waals surface area contributed by atoms with Gasteiger partial charge in [-0.25, -0.2) is 23.0 Å². The lowest BCUT2D eigenvalue weighted by Crippen LogP contribution is -2.54. The lowest BCUT2D eigenvalue weighted by atomic mass is 10.2. The van der Waals surface area contributed by atoms with Crippen molar-refractivity contribution in [3.05, 3.63) is 34.1 Å². The quantitative estimate of drug-likeness (QED) is 0.655. The standard InChI is InChI=1S/C10H9F3N4O3/c1-10(8(12)13)14-9(18)16(15-10)7-4-5(17(19)20)2-3-6(7)11/h2-4,8,15H,1H3,(H,14,18). The molecular weight excluding hydrogens is 281 g/mol. The SMILES string of the molecule is CC1(C(F)F)NC(=O)N(c2cc([N+](=O)[O-])ccc2F)N1. The summed E-state index contributed by atoms with van der Waals surface area (Å²) in [5.74, 6) is -0.961. The number of carbonyl (C=O) groups excluding carboxylic acids is 1. The predicted octanol–water partition coefficient (Wildman–Crippen LogP) is 1.75.